The first-order valence-corrected chi connectivity index (χ1v) is 14.6. The molecule has 0 bridgehead atoms. The number of carboxylic acid groups (broad SMARTS) is 2. The molecule has 2 N–H and O–H groups in total. The first-order chi connectivity index (χ1) is 23.2. The van der Waals surface area contributed by atoms with Crippen LogP contribution in [0.25, 0.3) is 54.6 Å². The Bertz CT molecular complexity index is 2500. The highest BCUT2D eigenvalue weighted by atomic mass is 16.5. The molecule has 0 unspecified atom stereocenters. The zero-order valence-corrected chi connectivity index (χ0v) is 24.6. The van der Waals surface area contributed by atoms with Gasteiger partial charge in [-0.15, -0.1) is 0 Å². The van der Waals surface area contributed by atoms with E-state index >= 15 is 0 Å². The number of hydrogen-bond acceptors (Lipinski definition) is 8. The average molecular weight is 637 g/mol. The Hall–Kier alpha value is -6.94. The van der Waals surface area contributed by atoms with E-state index in [1.54, 1.807) is 72.8 Å². The molecule has 0 aliphatic rings. The monoisotopic (exact) mass is 636 g/mol. The molecule has 0 saturated heterocycles. The van der Waals surface area contributed by atoms with Gasteiger partial charge >= 0.3 is 23.9 Å². The van der Waals surface area contributed by atoms with Crippen molar-refractivity contribution in [3.8, 4) is 11.5 Å². The van der Waals surface area contributed by atoms with Crippen molar-refractivity contribution in [3.63, 3.8) is 0 Å². The third kappa shape index (κ3) is 4.76. The van der Waals surface area contributed by atoms with E-state index in [1.165, 1.54) is 36.4 Å². The summed E-state index contributed by atoms with van der Waals surface area (Å²) < 4.78 is 23.0. The smallest absolute Gasteiger partial charge is 0.343 e. The summed E-state index contributed by atoms with van der Waals surface area (Å²) in [5.74, 6) is -4.10. The largest absolute Gasteiger partial charge is 0.478 e. The lowest BCUT2D eigenvalue weighted by Crippen LogP contribution is -2.11. The third-order valence-electron chi connectivity index (χ3n) is 8.14. The lowest BCUT2D eigenvalue weighted by Gasteiger charge is -2.10. The summed E-state index contributed by atoms with van der Waals surface area (Å²) in [5.41, 5.74) is 0.722. The second-order valence-electron chi connectivity index (χ2n) is 11.1. The summed E-state index contributed by atoms with van der Waals surface area (Å²) in [4.78, 5) is 50.6. The summed E-state index contributed by atoms with van der Waals surface area (Å²) in [6.07, 6.45) is 0. The number of esters is 2. The van der Waals surface area contributed by atoms with Gasteiger partial charge in [-0.25, -0.2) is 19.2 Å². The molecule has 8 rings (SSSR count). The van der Waals surface area contributed by atoms with Gasteiger partial charge in [0.2, 0.25) is 0 Å². The third-order valence-corrected chi connectivity index (χ3v) is 8.14. The maximum absolute atomic E-state index is 13.3. The van der Waals surface area contributed by atoms with Crippen LogP contribution in [0, 0.1) is 0 Å². The number of benzene rings is 6. The fourth-order valence-electron chi connectivity index (χ4n) is 5.83. The molecule has 6 aromatic carbocycles. The summed E-state index contributed by atoms with van der Waals surface area (Å²) >= 11 is 0. The molecule has 0 amide bonds. The molecule has 2 heterocycles. The zero-order valence-electron chi connectivity index (χ0n) is 24.6. The van der Waals surface area contributed by atoms with Crippen LogP contribution in [-0.2, 0) is 0 Å². The maximum Gasteiger partial charge on any atom is 0.343 e. The van der Waals surface area contributed by atoms with Gasteiger partial charge in [0.05, 0.1) is 16.5 Å². The minimum atomic E-state index is -1.24. The number of fused-ring (bicyclic) bond motifs is 7. The lowest BCUT2D eigenvalue weighted by molar-refractivity contribution is 0.0662. The predicted molar refractivity (Wildman–Crippen MR) is 175 cm³/mol. The molecular formula is C38H20O10. The van der Waals surface area contributed by atoms with Crippen molar-refractivity contribution in [2.24, 2.45) is 0 Å². The SMILES string of the molecule is O=C(Oc1cc2ccccc2cc1C(=O)O)c1ccc2oc3oc4ccc(C(=O)Oc5cc6ccccc6cc5C(=O)O)cc4c3c2c1. The molecule has 0 atom stereocenters. The molecule has 0 spiro atoms. The Morgan fingerprint density at radius 3 is 1.29 bits per heavy atom. The van der Waals surface area contributed by atoms with E-state index in [1.807, 2.05) is 0 Å². The number of carbonyl (C=O) groups excluding carboxylic acids is 2. The minimum absolute atomic E-state index is 0.0991. The van der Waals surface area contributed by atoms with E-state index in [0.717, 1.165) is 0 Å². The molecule has 0 fully saturated rings. The fraction of sp³-hybridized carbons (Fsp3) is 0. The fourth-order valence-corrected chi connectivity index (χ4v) is 5.83. The van der Waals surface area contributed by atoms with Gasteiger partial charge in [-0.2, -0.15) is 0 Å². The van der Waals surface area contributed by atoms with Crippen LogP contribution in [0.4, 0.5) is 0 Å². The summed E-state index contributed by atoms with van der Waals surface area (Å²) in [6, 6.07) is 29.4. The van der Waals surface area contributed by atoms with Crippen molar-refractivity contribution in [2.75, 3.05) is 0 Å². The maximum atomic E-state index is 13.3. The Kier molecular flexibility index (Phi) is 6.45. The summed E-state index contributed by atoms with van der Waals surface area (Å²) in [7, 11) is 0. The Labute approximate surface area is 268 Å². The van der Waals surface area contributed by atoms with Gasteiger partial charge in [0.1, 0.15) is 33.8 Å². The second-order valence-corrected chi connectivity index (χ2v) is 11.1. The van der Waals surface area contributed by atoms with Gasteiger partial charge in [0, 0.05) is 10.8 Å². The number of aromatic carboxylic acids is 2. The number of hydrogen-bond donors (Lipinski definition) is 2. The summed E-state index contributed by atoms with van der Waals surface area (Å²) in [6.45, 7) is 0. The van der Waals surface area contributed by atoms with Gasteiger partial charge in [-0.05, 0) is 82.2 Å². The molecule has 48 heavy (non-hydrogen) atoms. The number of ether oxygens (including phenoxy) is 2. The van der Waals surface area contributed by atoms with Crippen LogP contribution in [0.5, 0.6) is 11.5 Å². The van der Waals surface area contributed by atoms with Gasteiger partial charge in [0.15, 0.2) is 0 Å². The highest BCUT2D eigenvalue weighted by Gasteiger charge is 2.23. The topological polar surface area (TPSA) is 153 Å². The molecule has 232 valence electrons. The minimum Gasteiger partial charge on any atom is -0.478 e. The predicted octanol–water partition coefficient (Wildman–Crippen LogP) is 8.47. The normalized spacial score (nSPS) is 11.4. The van der Waals surface area contributed by atoms with Crippen LogP contribution in [0.2, 0.25) is 0 Å². The Morgan fingerprint density at radius 1 is 0.500 bits per heavy atom. The number of carboxylic acids is 2. The van der Waals surface area contributed by atoms with Crippen molar-refractivity contribution < 1.29 is 47.7 Å². The number of furan rings is 2. The van der Waals surface area contributed by atoms with E-state index in [4.69, 9.17) is 18.3 Å². The number of rotatable bonds is 6. The molecule has 2 aromatic heterocycles. The van der Waals surface area contributed by atoms with Crippen molar-refractivity contribution in [2.45, 2.75) is 0 Å². The second kappa shape index (κ2) is 10.8. The molecule has 0 aliphatic carbocycles. The van der Waals surface area contributed by atoms with Crippen LogP contribution in [0.15, 0.2) is 118 Å². The summed E-state index contributed by atoms with van der Waals surface area (Å²) in [5, 5.41) is 23.8. The van der Waals surface area contributed by atoms with Crippen molar-refractivity contribution >= 4 is 78.5 Å². The average Bonchev–Trinajstić information content (AvgIpc) is 3.62. The van der Waals surface area contributed by atoms with E-state index in [-0.39, 0.29) is 39.5 Å². The molecule has 0 saturated carbocycles. The van der Waals surface area contributed by atoms with Gasteiger partial charge in [-0.1, -0.05) is 48.5 Å². The van der Waals surface area contributed by atoms with E-state index in [9.17, 15) is 29.4 Å². The first-order valence-electron chi connectivity index (χ1n) is 14.6. The molecule has 8 aromatic rings. The van der Waals surface area contributed by atoms with Crippen molar-refractivity contribution in [1.82, 2.24) is 0 Å². The van der Waals surface area contributed by atoms with E-state index in [0.29, 0.717) is 48.9 Å². The van der Waals surface area contributed by atoms with Gasteiger partial charge in [-0.3, -0.25) is 0 Å². The quantitative estimate of drug-likeness (QED) is 0.134. The molecule has 0 aliphatic heterocycles. The highest BCUT2D eigenvalue weighted by molar-refractivity contribution is 6.19. The standard InChI is InChI=1S/C38H20O10/c39-34(40)27-13-19-5-1-3-7-21(19)17-31(27)45-36(43)23-9-11-29-25(15-23)33-26-16-24(10-12-30(26)48-38(33)47-29)37(44)46-32-18-22-8-4-2-6-20(22)14-28(32)35(41)42/h1-18H,(H,39,40)(H,41,42). The molecule has 10 heteroatoms. The van der Waals surface area contributed by atoms with Crippen LogP contribution in [-0.4, -0.2) is 34.1 Å². The van der Waals surface area contributed by atoms with Gasteiger partial charge in [0.25, 0.3) is 5.78 Å². The van der Waals surface area contributed by atoms with Crippen molar-refractivity contribution in [1.29, 1.82) is 0 Å². The Morgan fingerprint density at radius 2 is 0.896 bits per heavy atom. The van der Waals surface area contributed by atoms with Crippen molar-refractivity contribution in [3.05, 3.63) is 131 Å². The highest BCUT2D eigenvalue weighted by Crippen LogP contribution is 2.38. The Balaban J connectivity index is 1.16. The van der Waals surface area contributed by atoms with Crippen LogP contribution in [0.1, 0.15) is 41.4 Å². The van der Waals surface area contributed by atoms with Crippen LogP contribution >= 0.6 is 0 Å². The van der Waals surface area contributed by atoms with Gasteiger partial charge < -0.3 is 28.5 Å². The molecule has 10 nitrogen and oxygen atoms in total. The van der Waals surface area contributed by atoms with E-state index < -0.39 is 23.9 Å². The lowest BCUT2D eigenvalue weighted by atomic mass is 10.1. The molecular weight excluding hydrogens is 616 g/mol. The molecule has 0 radical (unpaired) electrons. The van der Waals surface area contributed by atoms with E-state index in [2.05, 4.69) is 0 Å². The van der Waals surface area contributed by atoms with Crippen LogP contribution in [0.3, 0.4) is 0 Å². The first kappa shape index (κ1) is 28.5. The number of carbonyl (C=O) groups is 4. The van der Waals surface area contributed by atoms with Crippen LogP contribution < -0.4 is 9.47 Å². The zero-order chi connectivity index (χ0) is 33.1.